The van der Waals surface area contributed by atoms with Gasteiger partial charge in [-0.25, -0.2) is 9.78 Å². The fourth-order valence-electron chi connectivity index (χ4n) is 3.31. The molecule has 0 unspecified atom stereocenters. The third kappa shape index (κ3) is 2.34. The van der Waals surface area contributed by atoms with Gasteiger partial charge in [-0.2, -0.15) is 5.10 Å². The van der Waals surface area contributed by atoms with Crippen LogP contribution < -0.4 is 14.8 Å². The molecule has 0 spiro atoms. The van der Waals surface area contributed by atoms with Crippen molar-refractivity contribution in [2.24, 2.45) is 0 Å². The Morgan fingerprint density at radius 1 is 1.24 bits per heavy atom. The molecule has 2 aliphatic rings. The summed E-state index contributed by atoms with van der Waals surface area (Å²) < 4.78 is 10.6. The average molecular weight is 337 g/mol. The van der Waals surface area contributed by atoms with Gasteiger partial charge >= 0.3 is 6.03 Å². The molecule has 4 heterocycles. The van der Waals surface area contributed by atoms with E-state index in [4.69, 9.17) is 9.47 Å². The second kappa shape index (κ2) is 5.37. The number of amides is 2. The van der Waals surface area contributed by atoms with Gasteiger partial charge in [0.1, 0.15) is 0 Å². The van der Waals surface area contributed by atoms with Crippen LogP contribution >= 0.6 is 0 Å². The van der Waals surface area contributed by atoms with Crippen LogP contribution in [-0.2, 0) is 13.0 Å². The van der Waals surface area contributed by atoms with Crippen molar-refractivity contribution in [3.63, 3.8) is 0 Å². The number of benzene rings is 1. The van der Waals surface area contributed by atoms with E-state index in [-0.39, 0.29) is 12.8 Å². The van der Waals surface area contributed by atoms with Gasteiger partial charge in [-0.05, 0) is 29.7 Å². The standard InChI is InChI=1S/C17H15N5O3/c23-17(20-11-1-2-14-15(5-11)25-9-24-14)22-4-3-12-10(8-22)6-18-16-13(12)7-19-21-16/h1-2,5-7H,3-4,8-9H2,(H,20,23)(H,18,19,21). The van der Waals surface area contributed by atoms with E-state index in [1.807, 2.05) is 6.20 Å². The lowest BCUT2D eigenvalue weighted by molar-refractivity contribution is 0.174. The Labute approximate surface area is 142 Å². The van der Waals surface area contributed by atoms with Gasteiger partial charge in [-0.1, -0.05) is 0 Å². The molecule has 0 saturated heterocycles. The van der Waals surface area contributed by atoms with Crippen molar-refractivity contribution in [1.29, 1.82) is 0 Å². The number of pyridine rings is 1. The van der Waals surface area contributed by atoms with Crippen molar-refractivity contribution >= 4 is 22.8 Å². The van der Waals surface area contributed by atoms with E-state index in [1.54, 1.807) is 29.3 Å². The summed E-state index contributed by atoms with van der Waals surface area (Å²) >= 11 is 0. The Morgan fingerprint density at radius 2 is 2.16 bits per heavy atom. The van der Waals surface area contributed by atoms with E-state index in [2.05, 4.69) is 20.5 Å². The normalized spacial score (nSPS) is 15.3. The molecule has 8 heteroatoms. The molecular formula is C17H15N5O3. The summed E-state index contributed by atoms with van der Waals surface area (Å²) in [6.45, 7) is 1.39. The molecule has 1 aromatic carbocycles. The van der Waals surface area contributed by atoms with Gasteiger partial charge in [-0.3, -0.25) is 5.10 Å². The molecule has 0 bridgehead atoms. The number of nitrogens with one attached hydrogen (secondary N) is 2. The topological polar surface area (TPSA) is 92.4 Å². The second-order valence-electron chi connectivity index (χ2n) is 6.06. The monoisotopic (exact) mass is 337 g/mol. The van der Waals surface area contributed by atoms with Crippen molar-refractivity contribution in [2.45, 2.75) is 13.0 Å². The molecule has 2 N–H and O–H groups in total. The number of aromatic amines is 1. The van der Waals surface area contributed by atoms with Crippen LogP contribution in [0, 0.1) is 0 Å². The fourth-order valence-corrected chi connectivity index (χ4v) is 3.31. The predicted molar refractivity (Wildman–Crippen MR) is 89.6 cm³/mol. The molecule has 126 valence electrons. The van der Waals surface area contributed by atoms with Crippen LogP contribution in [0.15, 0.2) is 30.6 Å². The van der Waals surface area contributed by atoms with Crippen molar-refractivity contribution in [1.82, 2.24) is 20.1 Å². The minimum Gasteiger partial charge on any atom is -0.454 e. The Hall–Kier alpha value is -3.29. The van der Waals surface area contributed by atoms with E-state index in [1.165, 1.54) is 5.56 Å². The summed E-state index contributed by atoms with van der Waals surface area (Å²) in [4.78, 5) is 18.7. The number of hydrogen-bond acceptors (Lipinski definition) is 5. The molecule has 0 atom stereocenters. The zero-order valence-corrected chi connectivity index (χ0v) is 13.3. The lowest BCUT2D eigenvalue weighted by Crippen LogP contribution is -2.39. The number of aromatic nitrogens is 3. The Balaban J connectivity index is 1.35. The summed E-state index contributed by atoms with van der Waals surface area (Å²) in [5.41, 5.74) is 3.74. The number of urea groups is 1. The van der Waals surface area contributed by atoms with Gasteiger partial charge in [0.05, 0.1) is 6.20 Å². The van der Waals surface area contributed by atoms with Crippen LogP contribution in [0.1, 0.15) is 11.1 Å². The van der Waals surface area contributed by atoms with Crippen LogP contribution in [0.25, 0.3) is 11.0 Å². The van der Waals surface area contributed by atoms with E-state index >= 15 is 0 Å². The highest BCUT2D eigenvalue weighted by molar-refractivity contribution is 5.90. The largest absolute Gasteiger partial charge is 0.454 e. The first-order chi connectivity index (χ1) is 12.3. The highest BCUT2D eigenvalue weighted by atomic mass is 16.7. The SMILES string of the molecule is O=C(Nc1ccc2c(c1)OCO2)N1CCc2c(cnc3[nH]ncc23)C1. The quantitative estimate of drug-likeness (QED) is 0.711. The molecule has 2 amide bonds. The van der Waals surface area contributed by atoms with Crippen molar-refractivity contribution < 1.29 is 14.3 Å². The van der Waals surface area contributed by atoms with Gasteiger partial charge < -0.3 is 19.7 Å². The first-order valence-electron chi connectivity index (χ1n) is 8.03. The summed E-state index contributed by atoms with van der Waals surface area (Å²) in [5.74, 6) is 1.34. The van der Waals surface area contributed by atoms with Crippen LogP contribution in [0.2, 0.25) is 0 Å². The number of carbonyl (C=O) groups is 1. The first-order valence-corrected chi connectivity index (χ1v) is 8.03. The average Bonchev–Trinajstić information content (AvgIpc) is 3.29. The lowest BCUT2D eigenvalue weighted by Gasteiger charge is -2.29. The maximum absolute atomic E-state index is 12.6. The summed E-state index contributed by atoms with van der Waals surface area (Å²) in [6, 6.07) is 5.23. The zero-order chi connectivity index (χ0) is 16.8. The molecule has 0 aliphatic carbocycles. The highest BCUT2D eigenvalue weighted by Gasteiger charge is 2.23. The van der Waals surface area contributed by atoms with Crippen LogP contribution in [0.5, 0.6) is 11.5 Å². The number of nitrogens with zero attached hydrogens (tertiary/aromatic N) is 3. The molecule has 0 saturated carbocycles. The zero-order valence-electron chi connectivity index (χ0n) is 13.3. The molecule has 3 aromatic rings. The molecular weight excluding hydrogens is 322 g/mol. The maximum Gasteiger partial charge on any atom is 0.322 e. The second-order valence-corrected chi connectivity index (χ2v) is 6.06. The van der Waals surface area contributed by atoms with Gasteiger partial charge in [0.25, 0.3) is 0 Å². The summed E-state index contributed by atoms with van der Waals surface area (Å²) in [7, 11) is 0. The van der Waals surface area contributed by atoms with E-state index in [0.29, 0.717) is 30.3 Å². The first kappa shape index (κ1) is 14.1. The smallest absolute Gasteiger partial charge is 0.322 e. The lowest BCUT2D eigenvalue weighted by atomic mass is 9.99. The Kier molecular flexibility index (Phi) is 3.03. The van der Waals surface area contributed by atoms with Gasteiger partial charge in [0.15, 0.2) is 17.1 Å². The molecule has 0 radical (unpaired) electrons. The minimum absolute atomic E-state index is 0.142. The number of H-pyrrole nitrogens is 1. The van der Waals surface area contributed by atoms with Crippen LogP contribution in [0.3, 0.4) is 0 Å². The number of rotatable bonds is 1. The number of fused-ring (bicyclic) bond motifs is 4. The van der Waals surface area contributed by atoms with Crippen molar-refractivity contribution in [3.05, 3.63) is 41.7 Å². The Bertz CT molecular complexity index is 984. The van der Waals surface area contributed by atoms with Gasteiger partial charge in [0, 0.05) is 36.4 Å². The molecule has 0 fully saturated rings. The third-order valence-electron chi connectivity index (χ3n) is 4.59. The van der Waals surface area contributed by atoms with E-state index in [0.717, 1.165) is 23.0 Å². The molecule has 8 nitrogen and oxygen atoms in total. The number of anilines is 1. The Morgan fingerprint density at radius 3 is 3.12 bits per heavy atom. The summed E-state index contributed by atoms with van der Waals surface area (Å²) in [6.07, 6.45) is 4.39. The minimum atomic E-state index is -0.142. The molecule has 2 aliphatic heterocycles. The maximum atomic E-state index is 12.6. The molecule has 5 rings (SSSR count). The number of ether oxygens (including phenoxy) is 2. The van der Waals surface area contributed by atoms with E-state index < -0.39 is 0 Å². The highest BCUT2D eigenvalue weighted by Crippen LogP contribution is 2.34. The van der Waals surface area contributed by atoms with Crippen molar-refractivity contribution in [3.8, 4) is 11.5 Å². The molecule has 25 heavy (non-hydrogen) atoms. The van der Waals surface area contributed by atoms with E-state index in [9.17, 15) is 4.79 Å². The third-order valence-corrected chi connectivity index (χ3v) is 4.59. The van der Waals surface area contributed by atoms with Crippen LogP contribution in [-0.4, -0.2) is 39.5 Å². The predicted octanol–water partition coefficient (Wildman–Crippen LogP) is 2.28. The number of hydrogen-bond donors (Lipinski definition) is 2. The fraction of sp³-hybridized carbons (Fsp3) is 0.235. The number of carbonyl (C=O) groups excluding carboxylic acids is 1. The van der Waals surface area contributed by atoms with Crippen molar-refractivity contribution in [2.75, 3.05) is 18.7 Å². The summed E-state index contributed by atoms with van der Waals surface area (Å²) in [5, 5.41) is 10.9. The van der Waals surface area contributed by atoms with Crippen LogP contribution in [0.4, 0.5) is 10.5 Å². The van der Waals surface area contributed by atoms with Gasteiger partial charge in [0.2, 0.25) is 6.79 Å². The van der Waals surface area contributed by atoms with Gasteiger partial charge in [-0.15, -0.1) is 0 Å². The molecule has 2 aromatic heterocycles.